The van der Waals surface area contributed by atoms with Crippen LogP contribution in [-0.4, -0.2) is 23.2 Å². The maximum absolute atomic E-state index is 11.3. The van der Waals surface area contributed by atoms with Crippen LogP contribution >= 0.6 is 0 Å². The third-order valence-corrected chi connectivity index (χ3v) is 4.14. The average Bonchev–Trinajstić information content (AvgIpc) is 2.65. The molecule has 1 aromatic rings. The molecule has 1 aliphatic rings. The Morgan fingerprint density at radius 2 is 2.00 bits per heavy atom. The Labute approximate surface area is 108 Å². The van der Waals surface area contributed by atoms with E-state index in [2.05, 4.69) is 36.1 Å². The van der Waals surface area contributed by atoms with Gasteiger partial charge in [0.05, 0.1) is 5.92 Å². The molecule has 1 heterocycles. The van der Waals surface area contributed by atoms with Gasteiger partial charge in [-0.2, -0.15) is 0 Å². The zero-order chi connectivity index (χ0) is 13.3. The molecular weight excluding hydrogens is 226 g/mol. The van der Waals surface area contributed by atoms with E-state index in [1.165, 1.54) is 5.56 Å². The first-order valence-corrected chi connectivity index (χ1v) is 6.56. The van der Waals surface area contributed by atoms with Crippen LogP contribution in [0.15, 0.2) is 24.3 Å². The molecule has 0 saturated carbocycles. The lowest BCUT2D eigenvalue weighted by molar-refractivity contribution is -0.142. The molecule has 1 N–H and O–H groups in total. The third-order valence-electron chi connectivity index (χ3n) is 4.14. The van der Waals surface area contributed by atoms with Crippen molar-refractivity contribution in [2.24, 2.45) is 5.92 Å². The summed E-state index contributed by atoms with van der Waals surface area (Å²) in [5.41, 5.74) is 2.12. The summed E-state index contributed by atoms with van der Waals surface area (Å²) < 4.78 is 0. The standard InChI is InChI=1S/C15H21NO2/c1-4-11-5-7-12(8-6-11)16-10-9-13(14(17)18)15(16,2)3/h5-8,13H,4,9-10H2,1-3H3,(H,17,18). The topological polar surface area (TPSA) is 40.5 Å². The monoisotopic (exact) mass is 247 g/mol. The summed E-state index contributed by atoms with van der Waals surface area (Å²) in [4.78, 5) is 13.5. The number of hydrogen-bond donors (Lipinski definition) is 1. The van der Waals surface area contributed by atoms with Crippen LogP contribution in [0, 0.1) is 5.92 Å². The number of aliphatic carboxylic acids is 1. The van der Waals surface area contributed by atoms with Crippen LogP contribution in [0.2, 0.25) is 0 Å². The van der Waals surface area contributed by atoms with E-state index in [0.29, 0.717) is 0 Å². The maximum Gasteiger partial charge on any atom is 0.308 e. The predicted octanol–water partition coefficient (Wildman–Crippen LogP) is 2.94. The number of anilines is 1. The van der Waals surface area contributed by atoms with Crippen LogP contribution in [0.3, 0.4) is 0 Å². The van der Waals surface area contributed by atoms with E-state index in [1.54, 1.807) is 0 Å². The first-order chi connectivity index (χ1) is 8.46. The Bertz CT molecular complexity index is 436. The van der Waals surface area contributed by atoms with Crippen LogP contribution in [0.25, 0.3) is 0 Å². The molecule has 0 radical (unpaired) electrons. The van der Waals surface area contributed by atoms with Gasteiger partial charge in [0.15, 0.2) is 0 Å². The van der Waals surface area contributed by atoms with Crippen LogP contribution in [0.5, 0.6) is 0 Å². The molecule has 1 saturated heterocycles. The van der Waals surface area contributed by atoms with Gasteiger partial charge < -0.3 is 10.0 Å². The van der Waals surface area contributed by atoms with Crippen molar-refractivity contribution in [2.75, 3.05) is 11.4 Å². The van der Waals surface area contributed by atoms with Gasteiger partial charge in [0, 0.05) is 17.8 Å². The van der Waals surface area contributed by atoms with Crippen molar-refractivity contribution in [2.45, 2.75) is 39.2 Å². The van der Waals surface area contributed by atoms with Gasteiger partial charge >= 0.3 is 5.97 Å². The number of benzene rings is 1. The van der Waals surface area contributed by atoms with Crippen molar-refractivity contribution in [3.8, 4) is 0 Å². The summed E-state index contributed by atoms with van der Waals surface area (Å²) in [5, 5.41) is 9.27. The van der Waals surface area contributed by atoms with E-state index < -0.39 is 5.97 Å². The molecule has 3 nitrogen and oxygen atoms in total. The molecule has 0 spiro atoms. The summed E-state index contributed by atoms with van der Waals surface area (Å²) >= 11 is 0. The number of carbonyl (C=O) groups is 1. The molecule has 0 aromatic heterocycles. The molecule has 1 fully saturated rings. The first-order valence-electron chi connectivity index (χ1n) is 6.56. The van der Waals surface area contributed by atoms with Gasteiger partial charge in [0.25, 0.3) is 0 Å². The molecular formula is C15H21NO2. The highest BCUT2D eigenvalue weighted by Crippen LogP contribution is 2.38. The average molecular weight is 247 g/mol. The summed E-state index contributed by atoms with van der Waals surface area (Å²) in [6, 6.07) is 8.45. The molecule has 1 atom stereocenters. The Hall–Kier alpha value is -1.51. The lowest BCUT2D eigenvalue weighted by atomic mass is 9.88. The van der Waals surface area contributed by atoms with Gasteiger partial charge in [0.2, 0.25) is 0 Å². The van der Waals surface area contributed by atoms with Crippen molar-refractivity contribution >= 4 is 11.7 Å². The fourth-order valence-corrected chi connectivity index (χ4v) is 2.89. The molecule has 98 valence electrons. The smallest absolute Gasteiger partial charge is 0.308 e. The molecule has 0 bridgehead atoms. The number of hydrogen-bond acceptors (Lipinski definition) is 2. The van der Waals surface area contributed by atoms with Crippen LogP contribution < -0.4 is 4.90 Å². The lowest BCUT2D eigenvalue weighted by Crippen LogP contribution is -2.45. The second-order valence-corrected chi connectivity index (χ2v) is 5.50. The van der Waals surface area contributed by atoms with E-state index in [0.717, 1.165) is 25.1 Å². The van der Waals surface area contributed by atoms with Gasteiger partial charge in [-0.05, 0) is 44.4 Å². The van der Waals surface area contributed by atoms with Crippen LogP contribution in [0.4, 0.5) is 5.69 Å². The molecule has 2 rings (SSSR count). The normalized spacial score (nSPS) is 22.2. The summed E-state index contributed by atoms with van der Waals surface area (Å²) in [7, 11) is 0. The lowest BCUT2D eigenvalue weighted by Gasteiger charge is -2.36. The second-order valence-electron chi connectivity index (χ2n) is 5.50. The Kier molecular flexibility index (Phi) is 3.33. The number of rotatable bonds is 3. The zero-order valence-electron chi connectivity index (χ0n) is 11.3. The molecule has 18 heavy (non-hydrogen) atoms. The number of aryl methyl sites for hydroxylation is 1. The first kappa shape index (κ1) is 12.9. The minimum atomic E-state index is -0.687. The highest BCUT2D eigenvalue weighted by Gasteiger charge is 2.45. The number of nitrogens with zero attached hydrogens (tertiary/aromatic N) is 1. The van der Waals surface area contributed by atoms with E-state index in [9.17, 15) is 9.90 Å². The van der Waals surface area contributed by atoms with E-state index in [1.807, 2.05) is 13.8 Å². The summed E-state index contributed by atoms with van der Waals surface area (Å²) in [6.07, 6.45) is 1.75. The highest BCUT2D eigenvalue weighted by molar-refractivity contribution is 5.74. The van der Waals surface area contributed by atoms with Crippen molar-refractivity contribution in [1.29, 1.82) is 0 Å². The largest absolute Gasteiger partial charge is 0.481 e. The molecule has 1 unspecified atom stereocenters. The van der Waals surface area contributed by atoms with Gasteiger partial charge in [-0.15, -0.1) is 0 Å². The second kappa shape index (κ2) is 4.63. The van der Waals surface area contributed by atoms with E-state index in [4.69, 9.17) is 0 Å². The van der Waals surface area contributed by atoms with Gasteiger partial charge in [-0.25, -0.2) is 0 Å². The summed E-state index contributed by atoms with van der Waals surface area (Å²) in [5.74, 6) is -0.976. The highest BCUT2D eigenvalue weighted by atomic mass is 16.4. The van der Waals surface area contributed by atoms with E-state index >= 15 is 0 Å². The predicted molar refractivity (Wildman–Crippen MR) is 73.0 cm³/mol. The third kappa shape index (κ3) is 2.09. The SMILES string of the molecule is CCc1ccc(N2CCC(C(=O)O)C2(C)C)cc1. The molecule has 1 aromatic carbocycles. The molecule has 0 aliphatic carbocycles. The Balaban J connectivity index is 2.26. The molecule has 1 aliphatic heterocycles. The molecule has 0 amide bonds. The van der Waals surface area contributed by atoms with E-state index in [-0.39, 0.29) is 11.5 Å². The summed E-state index contributed by atoms with van der Waals surface area (Å²) in [6.45, 7) is 6.99. The van der Waals surface area contributed by atoms with Crippen molar-refractivity contribution in [3.05, 3.63) is 29.8 Å². The quantitative estimate of drug-likeness (QED) is 0.892. The maximum atomic E-state index is 11.3. The van der Waals surface area contributed by atoms with Crippen molar-refractivity contribution in [3.63, 3.8) is 0 Å². The molecule has 3 heteroatoms. The Morgan fingerprint density at radius 3 is 2.44 bits per heavy atom. The van der Waals surface area contributed by atoms with Gasteiger partial charge in [0.1, 0.15) is 0 Å². The van der Waals surface area contributed by atoms with Gasteiger partial charge in [-0.3, -0.25) is 4.79 Å². The van der Waals surface area contributed by atoms with Gasteiger partial charge in [-0.1, -0.05) is 19.1 Å². The van der Waals surface area contributed by atoms with Crippen molar-refractivity contribution < 1.29 is 9.90 Å². The minimum Gasteiger partial charge on any atom is -0.481 e. The van der Waals surface area contributed by atoms with Crippen LogP contribution in [0.1, 0.15) is 32.8 Å². The zero-order valence-corrected chi connectivity index (χ0v) is 11.3. The van der Waals surface area contributed by atoms with Crippen LogP contribution in [-0.2, 0) is 11.2 Å². The Morgan fingerprint density at radius 1 is 1.39 bits per heavy atom. The minimum absolute atomic E-state index is 0.289. The number of carboxylic acids is 1. The number of carboxylic acid groups (broad SMARTS) is 1. The van der Waals surface area contributed by atoms with Crippen molar-refractivity contribution in [1.82, 2.24) is 0 Å². The fraction of sp³-hybridized carbons (Fsp3) is 0.533. The fourth-order valence-electron chi connectivity index (χ4n) is 2.89.